The third-order valence-corrected chi connectivity index (χ3v) is 5.71. The van der Waals surface area contributed by atoms with E-state index in [0.717, 1.165) is 12.1 Å². The van der Waals surface area contributed by atoms with Crippen LogP contribution >= 0.6 is 15.9 Å². The van der Waals surface area contributed by atoms with Crippen molar-refractivity contribution in [3.05, 3.63) is 28.5 Å². The van der Waals surface area contributed by atoms with Gasteiger partial charge in [0.1, 0.15) is 5.82 Å². The Labute approximate surface area is 108 Å². The quantitative estimate of drug-likeness (QED) is 0.909. The highest BCUT2D eigenvalue weighted by molar-refractivity contribution is 9.10. The number of sulfonamides is 1. The molecule has 94 valence electrons. The smallest absolute Gasteiger partial charge is 0.244 e. The highest BCUT2D eigenvalue weighted by atomic mass is 79.9. The second kappa shape index (κ2) is 4.64. The number of nitrogens with zero attached hydrogens (tertiary/aromatic N) is 1. The second-order valence-electron chi connectivity index (χ2n) is 3.91. The van der Waals surface area contributed by atoms with E-state index in [-0.39, 0.29) is 15.4 Å². The van der Waals surface area contributed by atoms with Gasteiger partial charge < -0.3 is 5.32 Å². The fraction of sp³-hybridized carbons (Fsp3) is 0.400. The lowest BCUT2D eigenvalue weighted by Crippen LogP contribution is -2.57. The number of halogens is 2. The van der Waals surface area contributed by atoms with Crippen LogP contribution in [0.3, 0.4) is 0 Å². The first-order valence-corrected chi connectivity index (χ1v) is 7.30. The van der Waals surface area contributed by atoms with Crippen LogP contribution < -0.4 is 5.32 Å². The second-order valence-corrected chi connectivity index (χ2v) is 6.73. The van der Waals surface area contributed by atoms with Crippen LogP contribution in [0.15, 0.2) is 27.6 Å². The first-order chi connectivity index (χ1) is 7.93. The maximum atomic E-state index is 12.9. The van der Waals surface area contributed by atoms with Gasteiger partial charge in [0.25, 0.3) is 0 Å². The van der Waals surface area contributed by atoms with E-state index in [1.165, 1.54) is 17.4 Å². The molecule has 0 aromatic heterocycles. The number of rotatable bonds is 3. The minimum atomic E-state index is -3.57. The van der Waals surface area contributed by atoms with Crippen LogP contribution in [0.25, 0.3) is 0 Å². The molecule has 1 fully saturated rings. The van der Waals surface area contributed by atoms with E-state index in [4.69, 9.17) is 0 Å². The van der Waals surface area contributed by atoms with Gasteiger partial charge in [-0.15, -0.1) is 0 Å². The number of likely N-dealkylation sites (N-methyl/N-ethyl adjacent to an activating group) is 1. The Balaban J connectivity index is 2.36. The molecule has 1 aliphatic heterocycles. The fourth-order valence-corrected chi connectivity index (χ4v) is 3.93. The molecule has 0 bridgehead atoms. The van der Waals surface area contributed by atoms with E-state index < -0.39 is 15.8 Å². The lowest BCUT2D eigenvalue weighted by molar-refractivity contribution is 0.274. The zero-order valence-electron chi connectivity index (χ0n) is 9.15. The normalized spacial score (nSPS) is 17.2. The molecule has 0 atom stereocenters. The van der Waals surface area contributed by atoms with Crippen LogP contribution in [-0.2, 0) is 10.0 Å². The minimum absolute atomic E-state index is 0.0306. The zero-order valence-corrected chi connectivity index (χ0v) is 11.6. The third-order valence-electron chi connectivity index (χ3n) is 2.83. The van der Waals surface area contributed by atoms with E-state index >= 15 is 0 Å². The van der Waals surface area contributed by atoms with E-state index in [2.05, 4.69) is 21.2 Å². The number of hydrogen-bond donors (Lipinski definition) is 1. The van der Waals surface area contributed by atoms with Gasteiger partial charge in [-0.25, -0.2) is 12.8 Å². The van der Waals surface area contributed by atoms with Crippen molar-refractivity contribution in [2.45, 2.75) is 10.9 Å². The van der Waals surface area contributed by atoms with Crippen molar-refractivity contribution in [1.82, 2.24) is 9.62 Å². The summed E-state index contributed by atoms with van der Waals surface area (Å²) in [6.07, 6.45) is 0. The molecule has 1 aromatic carbocycles. The Hall–Kier alpha value is -0.500. The van der Waals surface area contributed by atoms with E-state index in [1.54, 1.807) is 0 Å². The van der Waals surface area contributed by atoms with Crippen LogP contribution in [0.2, 0.25) is 0 Å². The molecule has 1 aromatic rings. The van der Waals surface area contributed by atoms with E-state index in [9.17, 15) is 12.8 Å². The average molecular weight is 323 g/mol. The molecule has 0 saturated carbocycles. The molecule has 0 aliphatic carbocycles. The molecule has 1 aliphatic rings. The number of nitrogens with one attached hydrogen (secondary N) is 1. The van der Waals surface area contributed by atoms with Gasteiger partial charge in [0.2, 0.25) is 10.0 Å². The van der Waals surface area contributed by atoms with Gasteiger partial charge in [-0.05, 0) is 34.1 Å². The summed E-state index contributed by atoms with van der Waals surface area (Å²) in [6, 6.07) is 3.54. The summed E-state index contributed by atoms with van der Waals surface area (Å²) in [5, 5.41) is 3.01. The molecule has 1 heterocycles. The fourth-order valence-electron chi connectivity index (χ4n) is 1.57. The maximum Gasteiger partial charge on any atom is 0.244 e. The van der Waals surface area contributed by atoms with Gasteiger partial charge in [-0.2, -0.15) is 4.31 Å². The van der Waals surface area contributed by atoms with E-state index in [0.29, 0.717) is 13.1 Å². The Morgan fingerprint density at radius 3 is 2.59 bits per heavy atom. The molecule has 0 radical (unpaired) electrons. The highest BCUT2D eigenvalue weighted by Crippen LogP contribution is 2.26. The summed E-state index contributed by atoms with van der Waals surface area (Å²) < 4.78 is 39.0. The molecule has 1 saturated heterocycles. The maximum absolute atomic E-state index is 12.9. The van der Waals surface area contributed by atoms with Crippen molar-refractivity contribution in [2.24, 2.45) is 0 Å². The van der Waals surface area contributed by atoms with Gasteiger partial charge in [-0.1, -0.05) is 0 Å². The van der Waals surface area contributed by atoms with Crippen LogP contribution in [0.5, 0.6) is 0 Å². The van der Waals surface area contributed by atoms with Crippen molar-refractivity contribution in [2.75, 3.05) is 20.1 Å². The van der Waals surface area contributed by atoms with Crippen LogP contribution in [-0.4, -0.2) is 38.9 Å². The van der Waals surface area contributed by atoms with Crippen molar-refractivity contribution in [3.8, 4) is 0 Å². The molecule has 1 N–H and O–H groups in total. The van der Waals surface area contributed by atoms with Gasteiger partial charge in [0.05, 0.1) is 4.90 Å². The zero-order chi connectivity index (χ0) is 12.6. The number of hydrogen-bond acceptors (Lipinski definition) is 3. The predicted molar refractivity (Wildman–Crippen MR) is 65.7 cm³/mol. The molecule has 17 heavy (non-hydrogen) atoms. The van der Waals surface area contributed by atoms with Gasteiger partial charge in [0, 0.05) is 30.7 Å². The SMILES string of the molecule is CN(C1CNC1)S(=O)(=O)c1ccc(F)cc1Br. The first kappa shape index (κ1) is 12.9. The summed E-state index contributed by atoms with van der Waals surface area (Å²) in [5.41, 5.74) is 0. The summed E-state index contributed by atoms with van der Waals surface area (Å²) in [6.45, 7) is 1.29. The molecule has 0 spiro atoms. The summed E-state index contributed by atoms with van der Waals surface area (Å²) >= 11 is 3.08. The van der Waals surface area contributed by atoms with Gasteiger partial charge >= 0.3 is 0 Å². The van der Waals surface area contributed by atoms with Gasteiger partial charge in [-0.3, -0.25) is 0 Å². The van der Waals surface area contributed by atoms with E-state index in [1.807, 2.05) is 0 Å². The average Bonchev–Trinajstić information content (AvgIpc) is 2.13. The molecular weight excluding hydrogens is 311 g/mol. The van der Waals surface area contributed by atoms with Crippen LogP contribution in [0, 0.1) is 5.82 Å². The lowest BCUT2D eigenvalue weighted by atomic mass is 10.2. The Morgan fingerprint density at radius 2 is 2.12 bits per heavy atom. The third kappa shape index (κ3) is 2.37. The standard InChI is InChI=1S/C10H12BrFN2O2S/c1-14(8-5-13-6-8)17(15,16)10-3-2-7(12)4-9(10)11/h2-4,8,13H,5-6H2,1H3. The monoisotopic (exact) mass is 322 g/mol. The summed E-state index contributed by atoms with van der Waals surface area (Å²) in [5.74, 6) is -0.469. The predicted octanol–water partition coefficient (Wildman–Crippen LogP) is 1.18. The molecule has 0 unspecified atom stereocenters. The molecular formula is C10H12BrFN2O2S. The van der Waals surface area contributed by atoms with Crippen molar-refractivity contribution in [3.63, 3.8) is 0 Å². The minimum Gasteiger partial charge on any atom is -0.313 e. The molecule has 7 heteroatoms. The van der Waals surface area contributed by atoms with Crippen LogP contribution in [0.1, 0.15) is 0 Å². The van der Waals surface area contributed by atoms with Crippen LogP contribution in [0.4, 0.5) is 4.39 Å². The lowest BCUT2D eigenvalue weighted by Gasteiger charge is -2.34. The Morgan fingerprint density at radius 1 is 1.47 bits per heavy atom. The topological polar surface area (TPSA) is 49.4 Å². The molecule has 4 nitrogen and oxygen atoms in total. The van der Waals surface area contributed by atoms with Crippen molar-refractivity contribution < 1.29 is 12.8 Å². The molecule has 0 amide bonds. The largest absolute Gasteiger partial charge is 0.313 e. The summed E-state index contributed by atoms with van der Waals surface area (Å²) in [4.78, 5) is 0.0910. The highest BCUT2D eigenvalue weighted by Gasteiger charge is 2.32. The Bertz CT molecular complexity index is 531. The van der Waals surface area contributed by atoms with Gasteiger partial charge in [0.15, 0.2) is 0 Å². The van der Waals surface area contributed by atoms with Crippen molar-refractivity contribution in [1.29, 1.82) is 0 Å². The number of benzene rings is 1. The summed E-state index contributed by atoms with van der Waals surface area (Å²) in [7, 11) is -2.03. The Kier molecular flexibility index (Phi) is 3.53. The first-order valence-electron chi connectivity index (χ1n) is 5.07. The van der Waals surface area contributed by atoms with Crippen molar-refractivity contribution >= 4 is 26.0 Å². The molecule has 2 rings (SSSR count).